The normalized spacial score (nSPS) is 19.9. The van der Waals surface area contributed by atoms with E-state index in [4.69, 9.17) is 11.6 Å². The SMILES string of the molecule is Cc1ccc(Cl)c2c1NC(=O)[C@]2(O)c1c(C)[nH]c2ccccc12. The summed E-state index contributed by atoms with van der Waals surface area (Å²) >= 11 is 6.35. The molecule has 2 heterocycles. The lowest BCUT2D eigenvalue weighted by Crippen LogP contribution is -2.36. The van der Waals surface area contributed by atoms with Crippen LogP contribution in [0.4, 0.5) is 5.69 Å². The number of anilines is 1. The number of aryl methyl sites for hydroxylation is 2. The largest absolute Gasteiger partial charge is 0.372 e. The van der Waals surface area contributed by atoms with Gasteiger partial charge in [0.15, 0.2) is 5.60 Å². The number of aromatic amines is 1. The van der Waals surface area contributed by atoms with Crippen molar-refractivity contribution in [2.45, 2.75) is 19.4 Å². The van der Waals surface area contributed by atoms with Gasteiger partial charge >= 0.3 is 0 Å². The molecular formula is C18H15ClN2O2. The van der Waals surface area contributed by atoms with Gasteiger partial charge in [0.1, 0.15) is 0 Å². The van der Waals surface area contributed by atoms with Gasteiger partial charge in [-0.15, -0.1) is 0 Å². The average Bonchev–Trinajstić information content (AvgIpc) is 2.99. The number of amides is 1. The fourth-order valence-electron chi connectivity index (χ4n) is 3.50. The Morgan fingerprint density at radius 3 is 2.61 bits per heavy atom. The third-order valence-corrected chi connectivity index (χ3v) is 4.86. The maximum absolute atomic E-state index is 12.7. The summed E-state index contributed by atoms with van der Waals surface area (Å²) in [6.45, 7) is 3.73. The summed E-state index contributed by atoms with van der Waals surface area (Å²) in [4.78, 5) is 15.9. The Hall–Kier alpha value is -2.30. The highest BCUT2D eigenvalue weighted by atomic mass is 35.5. The molecule has 0 spiro atoms. The van der Waals surface area contributed by atoms with E-state index in [2.05, 4.69) is 10.3 Å². The lowest BCUT2D eigenvalue weighted by atomic mass is 9.85. The van der Waals surface area contributed by atoms with Crippen molar-refractivity contribution in [1.29, 1.82) is 0 Å². The number of benzene rings is 2. The number of aromatic nitrogens is 1. The van der Waals surface area contributed by atoms with E-state index >= 15 is 0 Å². The van der Waals surface area contributed by atoms with E-state index < -0.39 is 11.5 Å². The second-order valence-corrected chi connectivity index (χ2v) is 6.36. The molecule has 0 fully saturated rings. The van der Waals surface area contributed by atoms with Crippen LogP contribution < -0.4 is 5.32 Å². The van der Waals surface area contributed by atoms with Crippen LogP contribution >= 0.6 is 11.6 Å². The number of nitrogens with one attached hydrogen (secondary N) is 2. The van der Waals surface area contributed by atoms with E-state index in [1.54, 1.807) is 6.07 Å². The molecule has 0 saturated carbocycles. The second kappa shape index (κ2) is 4.60. The highest BCUT2D eigenvalue weighted by molar-refractivity contribution is 6.33. The van der Waals surface area contributed by atoms with E-state index in [-0.39, 0.29) is 0 Å². The fraction of sp³-hybridized carbons (Fsp3) is 0.167. The molecule has 1 aliphatic rings. The zero-order valence-corrected chi connectivity index (χ0v) is 13.5. The van der Waals surface area contributed by atoms with Gasteiger partial charge in [0.05, 0.1) is 5.69 Å². The molecule has 1 atom stereocenters. The first-order chi connectivity index (χ1) is 10.9. The van der Waals surface area contributed by atoms with Crippen molar-refractivity contribution < 1.29 is 9.90 Å². The number of hydrogen-bond donors (Lipinski definition) is 3. The summed E-state index contributed by atoms with van der Waals surface area (Å²) in [6.07, 6.45) is 0. The number of fused-ring (bicyclic) bond motifs is 2. The van der Waals surface area contributed by atoms with Crippen LogP contribution in [-0.2, 0) is 10.4 Å². The summed E-state index contributed by atoms with van der Waals surface area (Å²) in [6, 6.07) is 11.1. The lowest BCUT2D eigenvalue weighted by molar-refractivity contribution is -0.129. The molecule has 0 aliphatic carbocycles. The average molecular weight is 327 g/mol. The van der Waals surface area contributed by atoms with Gasteiger partial charge in [-0.3, -0.25) is 4.79 Å². The third kappa shape index (κ3) is 1.73. The van der Waals surface area contributed by atoms with Gasteiger partial charge in [-0.05, 0) is 31.5 Å². The molecule has 3 N–H and O–H groups in total. The van der Waals surface area contributed by atoms with Crippen molar-refractivity contribution in [2.24, 2.45) is 0 Å². The van der Waals surface area contributed by atoms with Crippen molar-refractivity contribution in [1.82, 2.24) is 4.98 Å². The minimum Gasteiger partial charge on any atom is -0.372 e. The Kier molecular flexibility index (Phi) is 2.86. The quantitative estimate of drug-likeness (QED) is 0.639. The molecule has 0 radical (unpaired) electrons. The van der Waals surface area contributed by atoms with Crippen molar-refractivity contribution in [3.05, 3.63) is 63.8 Å². The molecular weight excluding hydrogens is 312 g/mol. The van der Waals surface area contributed by atoms with Crippen LogP contribution in [0.5, 0.6) is 0 Å². The van der Waals surface area contributed by atoms with Crippen LogP contribution in [0.3, 0.4) is 0 Å². The predicted molar refractivity (Wildman–Crippen MR) is 90.9 cm³/mol. The molecule has 2 aromatic carbocycles. The van der Waals surface area contributed by atoms with Crippen LogP contribution in [0, 0.1) is 13.8 Å². The number of aliphatic hydroxyl groups is 1. The number of H-pyrrole nitrogens is 1. The van der Waals surface area contributed by atoms with Gasteiger partial charge in [0.25, 0.3) is 5.91 Å². The Balaban J connectivity index is 2.12. The maximum Gasteiger partial charge on any atom is 0.266 e. The monoisotopic (exact) mass is 326 g/mol. The minimum absolute atomic E-state index is 0.371. The van der Waals surface area contributed by atoms with Crippen molar-refractivity contribution >= 4 is 34.1 Å². The van der Waals surface area contributed by atoms with E-state index in [1.807, 2.05) is 44.2 Å². The van der Waals surface area contributed by atoms with Crippen LogP contribution in [-0.4, -0.2) is 16.0 Å². The van der Waals surface area contributed by atoms with Crippen LogP contribution in [0.15, 0.2) is 36.4 Å². The molecule has 4 rings (SSSR count). The molecule has 0 saturated heterocycles. The second-order valence-electron chi connectivity index (χ2n) is 5.95. The summed E-state index contributed by atoms with van der Waals surface area (Å²) < 4.78 is 0. The number of para-hydroxylation sites is 1. The van der Waals surface area contributed by atoms with Crippen LogP contribution in [0.1, 0.15) is 22.4 Å². The summed E-state index contributed by atoms with van der Waals surface area (Å²) in [5.41, 5.74) is 2.25. The first-order valence-corrected chi connectivity index (χ1v) is 7.73. The van der Waals surface area contributed by atoms with Gasteiger partial charge in [-0.2, -0.15) is 0 Å². The topological polar surface area (TPSA) is 65.1 Å². The van der Waals surface area contributed by atoms with E-state index in [0.717, 1.165) is 22.2 Å². The predicted octanol–water partition coefficient (Wildman–Crippen LogP) is 3.63. The zero-order valence-electron chi connectivity index (χ0n) is 12.7. The number of halogens is 1. The fourth-order valence-corrected chi connectivity index (χ4v) is 3.79. The Morgan fingerprint density at radius 1 is 1.09 bits per heavy atom. The Bertz CT molecular complexity index is 977. The molecule has 5 heteroatoms. The molecule has 1 aromatic heterocycles. The van der Waals surface area contributed by atoms with Gasteiger partial charge in [0.2, 0.25) is 0 Å². The van der Waals surface area contributed by atoms with E-state index in [9.17, 15) is 9.90 Å². The summed E-state index contributed by atoms with van der Waals surface area (Å²) in [5, 5.41) is 15.4. The minimum atomic E-state index is -1.80. The molecule has 3 aromatic rings. The van der Waals surface area contributed by atoms with Crippen LogP contribution in [0.2, 0.25) is 5.02 Å². The van der Waals surface area contributed by atoms with Gasteiger partial charge in [-0.25, -0.2) is 0 Å². The molecule has 4 nitrogen and oxygen atoms in total. The highest BCUT2D eigenvalue weighted by Gasteiger charge is 2.51. The molecule has 23 heavy (non-hydrogen) atoms. The summed E-state index contributed by atoms with van der Waals surface area (Å²) in [5.74, 6) is -0.475. The Labute approximate surface area is 138 Å². The van der Waals surface area contributed by atoms with Gasteiger partial charge in [-0.1, -0.05) is 35.9 Å². The number of rotatable bonds is 1. The van der Waals surface area contributed by atoms with Crippen molar-refractivity contribution in [3.8, 4) is 0 Å². The zero-order chi connectivity index (χ0) is 16.4. The molecule has 1 aliphatic heterocycles. The van der Waals surface area contributed by atoms with Crippen molar-refractivity contribution in [3.63, 3.8) is 0 Å². The number of hydrogen-bond acceptors (Lipinski definition) is 2. The molecule has 1 amide bonds. The highest BCUT2D eigenvalue weighted by Crippen LogP contribution is 2.48. The third-order valence-electron chi connectivity index (χ3n) is 4.55. The van der Waals surface area contributed by atoms with Crippen LogP contribution in [0.25, 0.3) is 10.9 Å². The van der Waals surface area contributed by atoms with Gasteiger partial charge in [0, 0.05) is 32.7 Å². The van der Waals surface area contributed by atoms with E-state index in [0.29, 0.717) is 21.8 Å². The Morgan fingerprint density at radius 2 is 1.83 bits per heavy atom. The number of carbonyl (C=O) groups excluding carboxylic acids is 1. The van der Waals surface area contributed by atoms with Crippen molar-refractivity contribution in [2.75, 3.05) is 5.32 Å². The molecule has 116 valence electrons. The smallest absolute Gasteiger partial charge is 0.266 e. The summed E-state index contributed by atoms with van der Waals surface area (Å²) in [7, 11) is 0. The van der Waals surface area contributed by atoms with Gasteiger partial charge < -0.3 is 15.4 Å². The first-order valence-electron chi connectivity index (χ1n) is 7.35. The standard InChI is InChI=1S/C18H15ClN2O2/c1-9-7-8-12(19)15-16(9)21-17(22)18(15,23)14-10(2)20-13-6-4-3-5-11(13)14/h3-8,20,23H,1-2H3,(H,21,22)/t18-/m0/s1. The first kappa shape index (κ1) is 14.3. The molecule has 0 bridgehead atoms. The van der Waals surface area contributed by atoms with E-state index in [1.165, 1.54) is 0 Å². The number of carbonyl (C=O) groups is 1. The molecule has 0 unspecified atom stereocenters. The lowest BCUT2D eigenvalue weighted by Gasteiger charge is -2.23. The maximum atomic E-state index is 12.7.